The molecule has 1 unspecified atom stereocenters. The summed E-state index contributed by atoms with van der Waals surface area (Å²) in [5.74, 6) is 0. The van der Waals surface area contributed by atoms with Crippen molar-refractivity contribution in [2.24, 2.45) is 0 Å². The fourth-order valence-corrected chi connectivity index (χ4v) is 5.16. The van der Waals surface area contributed by atoms with Crippen LogP contribution in [0.2, 0.25) is 0 Å². The van der Waals surface area contributed by atoms with Crippen molar-refractivity contribution in [3.63, 3.8) is 0 Å². The Kier molecular flexibility index (Phi) is 3.15. The topological polar surface area (TPSA) is 20.2 Å². The Labute approximate surface area is 117 Å². The SMILES string of the molecule is Cc1cc(C(O)c2cc3c(s2)CCC3)sc1Br. The van der Waals surface area contributed by atoms with E-state index in [0.717, 1.165) is 13.5 Å². The van der Waals surface area contributed by atoms with Crippen molar-refractivity contribution in [3.8, 4) is 0 Å². The lowest BCUT2D eigenvalue weighted by Gasteiger charge is -2.05. The van der Waals surface area contributed by atoms with Gasteiger partial charge in [0, 0.05) is 14.6 Å². The van der Waals surface area contributed by atoms with Crippen LogP contribution in [0.15, 0.2) is 15.9 Å². The van der Waals surface area contributed by atoms with Crippen molar-refractivity contribution in [2.45, 2.75) is 32.3 Å². The molecule has 0 spiro atoms. The van der Waals surface area contributed by atoms with Gasteiger partial charge >= 0.3 is 0 Å². The number of fused-ring (bicyclic) bond motifs is 1. The fourth-order valence-electron chi connectivity index (χ4n) is 2.25. The number of aliphatic hydroxyl groups excluding tert-OH is 1. The third-order valence-corrected chi connectivity index (χ3v) is 6.66. The first kappa shape index (κ1) is 11.9. The van der Waals surface area contributed by atoms with Gasteiger partial charge in [-0.3, -0.25) is 0 Å². The van der Waals surface area contributed by atoms with Gasteiger partial charge in [-0.2, -0.15) is 0 Å². The van der Waals surface area contributed by atoms with Gasteiger partial charge in [-0.1, -0.05) is 0 Å². The smallest absolute Gasteiger partial charge is 0.122 e. The van der Waals surface area contributed by atoms with E-state index < -0.39 is 6.10 Å². The maximum absolute atomic E-state index is 10.4. The molecular weight excluding hydrogens is 316 g/mol. The molecule has 3 rings (SSSR count). The third kappa shape index (κ3) is 2.12. The van der Waals surface area contributed by atoms with Crippen molar-refractivity contribution in [1.29, 1.82) is 0 Å². The van der Waals surface area contributed by atoms with Crippen LogP contribution < -0.4 is 0 Å². The van der Waals surface area contributed by atoms with Gasteiger partial charge in [0.05, 0.1) is 3.79 Å². The molecule has 1 aliphatic carbocycles. The molecule has 0 aromatic carbocycles. The van der Waals surface area contributed by atoms with E-state index in [-0.39, 0.29) is 0 Å². The summed E-state index contributed by atoms with van der Waals surface area (Å²) in [6.45, 7) is 2.06. The zero-order valence-corrected chi connectivity index (χ0v) is 12.7. The van der Waals surface area contributed by atoms with Gasteiger partial charge < -0.3 is 5.11 Å². The lowest BCUT2D eigenvalue weighted by molar-refractivity contribution is 0.228. The monoisotopic (exact) mass is 328 g/mol. The number of aliphatic hydroxyl groups is 1. The Morgan fingerprint density at radius 2 is 2.00 bits per heavy atom. The van der Waals surface area contributed by atoms with Crippen LogP contribution in [0.25, 0.3) is 0 Å². The van der Waals surface area contributed by atoms with E-state index in [1.165, 1.54) is 35.3 Å². The van der Waals surface area contributed by atoms with Crippen LogP contribution in [0, 0.1) is 6.92 Å². The molecule has 1 atom stereocenters. The predicted molar refractivity (Wildman–Crippen MR) is 77.2 cm³/mol. The molecule has 90 valence electrons. The van der Waals surface area contributed by atoms with Crippen molar-refractivity contribution in [1.82, 2.24) is 0 Å². The molecule has 17 heavy (non-hydrogen) atoms. The summed E-state index contributed by atoms with van der Waals surface area (Å²) in [6.07, 6.45) is 3.22. The number of rotatable bonds is 2. The predicted octanol–water partition coefficient (Wildman–Crippen LogP) is 4.45. The van der Waals surface area contributed by atoms with Gasteiger partial charge in [-0.05, 0) is 65.4 Å². The van der Waals surface area contributed by atoms with E-state index >= 15 is 0 Å². The van der Waals surface area contributed by atoms with Crippen molar-refractivity contribution >= 4 is 38.6 Å². The first-order valence-corrected chi connectivity index (χ1v) is 8.13. The fraction of sp³-hybridized carbons (Fsp3) is 0.385. The second-order valence-electron chi connectivity index (χ2n) is 4.46. The maximum atomic E-state index is 10.4. The van der Waals surface area contributed by atoms with E-state index in [2.05, 4.69) is 35.0 Å². The molecule has 0 radical (unpaired) electrons. The molecular formula is C13H13BrOS2. The molecule has 0 aliphatic heterocycles. The van der Waals surface area contributed by atoms with E-state index in [1.54, 1.807) is 22.7 Å². The molecule has 4 heteroatoms. The van der Waals surface area contributed by atoms with E-state index in [9.17, 15) is 5.11 Å². The van der Waals surface area contributed by atoms with Crippen molar-refractivity contribution in [2.75, 3.05) is 0 Å². The summed E-state index contributed by atoms with van der Waals surface area (Å²) in [4.78, 5) is 3.61. The highest BCUT2D eigenvalue weighted by Crippen LogP contribution is 2.39. The molecule has 2 heterocycles. The summed E-state index contributed by atoms with van der Waals surface area (Å²) < 4.78 is 1.12. The molecule has 1 nitrogen and oxygen atoms in total. The number of thiophene rings is 2. The van der Waals surface area contributed by atoms with Crippen LogP contribution >= 0.6 is 38.6 Å². The summed E-state index contributed by atoms with van der Waals surface area (Å²) >= 11 is 6.92. The van der Waals surface area contributed by atoms with Crippen LogP contribution in [0.1, 0.15) is 38.3 Å². The van der Waals surface area contributed by atoms with E-state index in [0.29, 0.717) is 0 Å². The summed E-state index contributed by atoms with van der Waals surface area (Å²) in [5, 5.41) is 10.4. The van der Waals surface area contributed by atoms with Crippen molar-refractivity contribution in [3.05, 3.63) is 41.7 Å². The molecule has 2 aromatic heterocycles. The highest BCUT2D eigenvalue weighted by atomic mass is 79.9. The molecule has 1 N–H and O–H groups in total. The second-order valence-corrected chi connectivity index (χ2v) is 8.03. The minimum atomic E-state index is -0.444. The minimum absolute atomic E-state index is 0.444. The van der Waals surface area contributed by atoms with Gasteiger partial charge in [-0.25, -0.2) is 0 Å². The third-order valence-electron chi connectivity index (χ3n) is 3.18. The highest BCUT2D eigenvalue weighted by molar-refractivity contribution is 9.11. The Morgan fingerprint density at radius 3 is 2.65 bits per heavy atom. The Bertz CT molecular complexity index is 515. The molecule has 2 aromatic rings. The lowest BCUT2D eigenvalue weighted by atomic mass is 10.2. The molecule has 0 fully saturated rings. The highest BCUT2D eigenvalue weighted by Gasteiger charge is 2.21. The minimum Gasteiger partial charge on any atom is -0.382 e. The Hall–Kier alpha value is -0.160. The van der Waals surface area contributed by atoms with E-state index in [4.69, 9.17) is 0 Å². The first-order valence-electron chi connectivity index (χ1n) is 5.70. The number of aryl methyl sites for hydroxylation is 3. The first-order chi connectivity index (χ1) is 8.15. The molecule has 1 aliphatic rings. The summed E-state index contributed by atoms with van der Waals surface area (Å²) in [7, 11) is 0. The zero-order chi connectivity index (χ0) is 12.0. The molecule has 0 bridgehead atoms. The number of halogens is 1. The average Bonchev–Trinajstić information content (AvgIpc) is 2.92. The van der Waals surface area contributed by atoms with Crippen LogP contribution in [-0.2, 0) is 12.8 Å². The quantitative estimate of drug-likeness (QED) is 0.863. The largest absolute Gasteiger partial charge is 0.382 e. The zero-order valence-electron chi connectivity index (χ0n) is 9.50. The lowest BCUT2D eigenvalue weighted by Crippen LogP contribution is -1.93. The Morgan fingerprint density at radius 1 is 1.24 bits per heavy atom. The van der Waals surface area contributed by atoms with Gasteiger partial charge in [0.1, 0.15) is 6.10 Å². The van der Waals surface area contributed by atoms with Crippen LogP contribution in [0.5, 0.6) is 0 Å². The van der Waals surface area contributed by atoms with E-state index in [1.807, 2.05) is 0 Å². The van der Waals surface area contributed by atoms with Crippen LogP contribution in [0.3, 0.4) is 0 Å². The van der Waals surface area contributed by atoms with Crippen LogP contribution in [0.4, 0.5) is 0 Å². The van der Waals surface area contributed by atoms with Gasteiger partial charge in [0.25, 0.3) is 0 Å². The molecule has 0 amide bonds. The average molecular weight is 329 g/mol. The van der Waals surface area contributed by atoms with Gasteiger partial charge in [0.2, 0.25) is 0 Å². The number of hydrogen-bond donors (Lipinski definition) is 1. The second kappa shape index (κ2) is 4.50. The summed E-state index contributed by atoms with van der Waals surface area (Å²) in [5.41, 5.74) is 2.66. The van der Waals surface area contributed by atoms with Crippen molar-refractivity contribution < 1.29 is 5.11 Å². The molecule has 0 saturated carbocycles. The Balaban J connectivity index is 1.92. The van der Waals surface area contributed by atoms with Gasteiger partial charge in [0.15, 0.2) is 0 Å². The molecule has 0 saturated heterocycles. The summed E-state index contributed by atoms with van der Waals surface area (Å²) in [6, 6.07) is 4.27. The normalized spacial score (nSPS) is 16.2. The maximum Gasteiger partial charge on any atom is 0.122 e. The standard InChI is InChI=1S/C13H13BrOS2/c1-7-5-10(17-13(7)14)12(15)11-6-8-3-2-4-9(8)16-11/h5-6,12,15H,2-4H2,1H3. The van der Waals surface area contributed by atoms with Gasteiger partial charge in [-0.15, -0.1) is 22.7 Å². The van der Waals surface area contributed by atoms with Crippen LogP contribution in [-0.4, -0.2) is 5.11 Å². The number of hydrogen-bond acceptors (Lipinski definition) is 3.